The van der Waals surface area contributed by atoms with E-state index in [1.165, 1.54) is 32.7 Å². The summed E-state index contributed by atoms with van der Waals surface area (Å²) in [6, 6.07) is 11.1. The van der Waals surface area contributed by atoms with Crippen LogP contribution in [-0.4, -0.2) is 42.6 Å². The van der Waals surface area contributed by atoms with E-state index >= 15 is 0 Å². The maximum atomic E-state index is 10.2. The molecule has 1 N–H and O–H groups in total. The monoisotopic (exact) mass is 377 g/mol. The summed E-state index contributed by atoms with van der Waals surface area (Å²) in [5, 5.41) is 15.1. The lowest BCUT2D eigenvalue weighted by Crippen LogP contribution is -2.48. The number of ether oxygens (including phenoxy) is 3. The molecule has 0 unspecified atom stereocenters. The lowest BCUT2D eigenvalue weighted by molar-refractivity contribution is 0.0256. The van der Waals surface area contributed by atoms with E-state index in [1.54, 1.807) is 7.11 Å². The standard InChI is InChI=1S/C23H23NO4/c1-26-15-4-5-16-18(7-15)20-9-23-22(27-12-28-23)8-19(20)17-6-13-2-3-14(25)10-24(13)11-21(16)17/h4-5,7-9,13-14,25H,2-3,6,10-12H2,1H3/t13-,14+/m0/s1. The summed E-state index contributed by atoms with van der Waals surface area (Å²) in [4.78, 5) is 2.46. The number of aliphatic hydroxyl groups excluding tert-OH is 1. The molecule has 0 spiro atoms. The number of aliphatic hydroxyl groups is 1. The molecule has 3 heterocycles. The molecule has 5 nitrogen and oxygen atoms in total. The van der Waals surface area contributed by atoms with Gasteiger partial charge < -0.3 is 19.3 Å². The predicted molar refractivity (Wildman–Crippen MR) is 107 cm³/mol. The molecule has 3 aromatic rings. The van der Waals surface area contributed by atoms with Crippen molar-refractivity contribution in [3.63, 3.8) is 0 Å². The fourth-order valence-corrected chi connectivity index (χ4v) is 5.23. The van der Waals surface area contributed by atoms with E-state index < -0.39 is 0 Å². The molecule has 5 heteroatoms. The maximum Gasteiger partial charge on any atom is 0.231 e. The first-order valence-corrected chi connectivity index (χ1v) is 9.98. The third-order valence-corrected chi connectivity index (χ3v) is 6.64. The van der Waals surface area contributed by atoms with Crippen molar-refractivity contribution in [2.24, 2.45) is 0 Å². The van der Waals surface area contributed by atoms with Gasteiger partial charge in [0.2, 0.25) is 6.79 Å². The fourth-order valence-electron chi connectivity index (χ4n) is 5.23. The lowest BCUT2D eigenvalue weighted by atomic mass is 9.82. The van der Waals surface area contributed by atoms with Gasteiger partial charge in [0, 0.05) is 19.1 Å². The highest BCUT2D eigenvalue weighted by atomic mass is 16.7. The van der Waals surface area contributed by atoms with E-state index in [-0.39, 0.29) is 12.9 Å². The molecule has 1 fully saturated rings. The first-order chi connectivity index (χ1) is 13.7. The van der Waals surface area contributed by atoms with Gasteiger partial charge in [0.1, 0.15) is 5.75 Å². The van der Waals surface area contributed by atoms with Crippen LogP contribution in [0.1, 0.15) is 24.0 Å². The summed E-state index contributed by atoms with van der Waals surface area (Å²) >= 11 is 0. The van der Waals surface area contributed by atoms with Crippen molar-refractivity contribution in [2.45, 2.75) is 38.0 Å². The van der Waals surface area contributed by atoms with Crippen LogP contribution >= 0.6 is 0 Å². The Kier molecular flexibility index (Phi) is 3.52. The summed E-state index contributed by atoms with van der Waals surface area (Å²) < 4.78 is 16.9. The van der Waals surface area contributed by atoms with Gasteiger partial charge in [0.25, 0.3) is 0 Å². The molecule has 1 saturated heterocycles. The SMILES string of the molecule is COc1ccc2c3c(c4cc5c(cc4c2c1)OCO5)C[C@@H]1CC[C@@H](O)CN1C3. The molecule has 144 valence electrons. The lowest BCUT2D eigenvalue weighted by Gasteiger charge is -2.42. The largest absolute Gasteiger partial charge is 0.497 e. The Hall–Kier alpha value is -2.50. The molecular weight excluding hydrogens is 354 g/mol. The number of methoxy groups -OCH3 is 1. The molecule has 3 aliphatic heterocycles. The third-order valence-electron chi connectivity index (χ3n) is 6.64. The minimum absolute atomic E-state index is 0.210. The van der Waals surface area contributed by atoms with Gasteiger partial charge in [-0.2, -0.15) is 0 Å². The molecule has 3 aliphatic rings. The van der Waals surface area contributed by atoms with E-state index in [1.807, 2.05) is 6.07 Å². The van der Waals surface area contributed by atoms with Gasteiger partial charge in [-0.05, 0) is 76.2 Å². The van der Waals surface area contributed by atoms with Gasteiger partial charge in [0.05, 0.1) is 13.2 Å². The Bertz CT molecular complexity index is 1110. The summed E-state index contributed by atoms with van der Waals surface area (Å²) in [5.41, 5.74) is 2.79. The summed E-state index contributed by atoms with van der Waals surface area (Å²) in [6.45, 7) is 1.93. The maximum absolute atomic E-state index is 10.2. The molecule has 0 bridgehead atoms. The van der Waals surface area contributed by atoms with Gasteiger partial charge in [-0.3, -0.25) is 4.90 Å². The Labute approximate surface area is 163 Å². The van der Waals surface area contributed by atoms with Crippen molar-refractivity contribution in [2.75, 3.05) is 20.4 Å². The van der Waals surface area contributed by atoms with Crippen LogP contribution in [0.3, 0.4) is 0 Å². The number of rotatable bonds is 1. The number of hydrogen-bond donors (Lipinski definition) is 1. The number of fused-ring (bicyclic) bond motifs is 8. The van der Waals surface area contributed by atoms with E-state index in [0.717, 1.165) is 49.6 Å². The second-order valence-corrected chi connectivity index (χ2v) is 8.14. The van der Waals surface area contributed by atoms with Gasteiger partial charge in [0.15, 0.2) is 11.5 Å². The second kappa shape index (κ2) is 6.00. The Morgan fingerprint density at radius 1 is 0.964 bits per heavy atom. The molecule has 0 saturated carbocycles. The van der Waals surface area contributed by atoms with E-state index in [2.05, 4.69) is 29.2 Å². The number of nitrogens with zero attached hydrogens (tertiary/aromatic N) is 1. The van der Waals surface area contributed by atoms with Crippen molar-refractivity contribution in [3.05, 3.63) is 41.5 Å². The van der Waals surface area contributed by atoms with E-state index in [0.29, 0.717) is 6.04 Å². The molecule has 0 amide bonds. The Morgan fingerprint density at radius 2 is 1.75 bits per heavy atom. The van der Waals surface area contributed by atoms with Gasteiger partial charge in [-0.1, -0.05) is 6.07 Å². The zero-order valence-corrected chi connectivity index (χ0v) is 15.9. The van der Waals surface area contributed by atoms with Crippen LogP contribution in [0, 0.1) is 0 Å². The normalized spacial score (nSPS) is 23.6. The van der Waals surface area contributed by atoms with Gasteiger partial charge >= 0.3 is 0 Å². The molecule has 2 atom stereocenters. The Morgan fingerprint density at radius 3 is 2.57 bits per heavy atom. The first kappa shape index (κ1) is 16.5. The number of piperidine rings is 1. The second-order valence-electron chi connectivity index (χ2n) is 8.14. The average Bonchev–Trinajstić information content (AvgIpc) is 3.18. The summed E-state index contributed by atoms with van der Waals surface area (Å²) in [5.74, 6) is 2.50. The fraction of sp³-hybridized carbons (Fsp3) is 0.391. The van der Waals surface area contributed by atoms with Gasteiger partial charge in [-0.15, -0.1) is 0 Å². The van der Waals surface area contributed by atoms with E-state index in [4.69, 9.17) is 14.2 Å². The molecule has 0 radical (unpaired) electrons. The van der Waals surface area contributed by atoms with Crippen LogP contribution in [-0.2, 0) is 13.0 Å². The van der Waals surface area contributed by atoms with Crippen LogP contribution in [0.4, 0.5) is 0 Å². The first-order valence-electron chi connectivity index (χ1n) is 9.98. The molecule has 3 aromatic carbocycles. The van der Waals surface area contributed by atoms with Crippen LogP contribution < -0.4 is 14.2 Å². The number of benzene rings is 3. The molecule has 6 rings (SSSR count). The van der Waals surface area contributed by atoms with Gasteiger partial charge in [-0.25, -0.2) is 0 Å². The van der Waals surface area contributed by atoms with Crippen molar-refractivity contribution in [1.82, 2.24) is 4.90 Å². The van der Waals surface area contributed by atoms with Crippen LogP contribution in [0.25, 0.3) is 21.5 Å². The third kappa shape index (κ3) is 2.33. The van der Waals surface area contributed by atoms with Crippen molar-refractivity contribution < 1.29 is 19.3 Å². The van der Waals surface area contributed by atoms with Crippen molar-refractivity contribution >= 4 is 21.5 Å². The minimum Gasteiger partial charge on any atom is -0.497 e. The highest BCUT2D eigenvalue weighted by Crippen LogP contribution is 2.45. The van der Waals surface area contributed by atoms with Crippen LogP contribution in [0.5, 0.6) is 17.2 Å². The minimum atomic E-state index is -0.210. The van der Waals surface area contributed by atoms with Crippen LogP contribution in [0.15, 0.2) is 30.3 Å². The smallest absolute Gasteiger partial charge is 0.231 e. The zero-order chi connectivity index (χ0) is 18.8. The van der Waals surface area contributed by atoms with Crippen molar-refractivity contribution in [1.29, 1.82) is 0 Å². The zero-order valence-electron chi connectivity index (χ0n) is 15.9. The highest BCUT2D eigenvalue weighted by Gasteiger charge is 2.34. The topological polar surface area (TPSA) is 51.2 Å². The number of hydrogen-bond acceptors (Lipinski definition) is 5. The predicted octanol–water partition coefficient (Wildman–Crippen LogP) is 3.61. The molecule has 0 aliphatic carbocycles. The molecule has 28 heavy (non-hydrogen) atoms. The summed E-state index contributed by atoms with van der Waals surface area (Å²) in [6.07, 6.45) is 2.75. The highest BCUT2D eigenvalue weighted by molar-refractivity contribution is 6.12. The van der Waals surface area contributed by atoms with E-state index in [9.17, 15) is 5.11 Å². The van der Waals surface area contributed by atoms with Crippen molar-refractivity contribution in [3.8, 4) is 17.2 Å². The average molecular weight is 377 g/mol. The molecular formula is C23H23NO4. The Balaban J connectivity index is 1.65. The molecule has 0 aromatic heterocycles. The quantitative estimate of drug-likeness (QED) is 0.657. The summed E-state index contributed by atoms with van der Waals surface area (Å²) in [7, 11) is 1.70. The van der Waals surface area contributed by atoms with Crippen LogP contribution in [0.2, 0.25) is 0 Å².